The van der Waals surface area contributed by atoms with Crippen molar-refractivity contribution in [3.63, 3.8) is 0 Å². The van der Waals surface area contributed by atoms with E-state index in [0.29, 0.717) is 9.81 Å². The van der Waals surface area contributed by atoms with Gasteiger partial charge in [0.2, 0.25) is 5.91 Å². The largest absolute Gasteiger partial charge is 0.480 e. The Morgan fingerprint density at radius 3 is 2.34 bits per heavy atom. The maximum absolute atomic E-state index is 13.0. The molecule has 0 spiro atoms. The summed E-state index contributed by atoms with van der Waals surface area (Å²) >= 11 is 7.93. The number of amides is 2. The summed E-state index contributed by atoms with van der Waals surface area (Å²) in [5.41, 5.74) is 2.94. The van der Waals surface area contributed by atoms with Crippen LogP contribution in [0.4, 0.5) is 11.4 Å². The van der Waals surface area contributed by atoms with Crippen molar-refractivity contribution in [3.8, 4) is 0 Å². The molecule has 2 amide bonds. The van der Waals surface area contributed by atoms with Gasteiger partial charge in [0.15, 0.2) is 0 Å². The first-order valence-electron chi connectivity index (χ1n) is 10.3. The number of nitrogens with zero attached hydrogens (tertiary/aromatic N) is 3. The van der Waals surface area contributed by atoms with Crippen LogP contribution in [0.1, 0.15) is 5.56 Å². The lowest BCUT2D eigenvalue weighted by molar-refractivity contribution is -0.149. The SMILES string of the molecule is CN1c2ccccc2Sc2cc(/C=C3/SC(=S)N(CC(=O)N(CC(=O)O)CC(=O)O)C3=O)ccc21. The molecular weight excluding hydrogens is 510 g/mol. The fourth-order valence-corrected chi connectivity index (χ4v) is 6.08. The normalized spacial score (nSPS) is 15.7. The summed E-state index contributed by atoms with van der Waals surface area (Å²) in [7, 11) is 2.00. The molecule has 2 aromatic carbocycles. The van der Waals surface area contributed by atoms with Crippen LogP contribution in [-0.4, -0.2) is 74.8 Å². The summed E-state index contributed by atoms with van der Waals surface area (Å²) < 4.78 is 0.140. The van der Waals surface area contributed by atoms with Crippen molar-refractivity contribution < 1.29 is 29.4 Å². The Hall–Kier alpha value is -3.35. The third-order valence-corrected chi connectivity index (χ3v) is 7.75. The number of thioether (sulfide) groups is 1. The molecule has 2 aliphatic rings. The third kappa shape index (κ3) is 5.34. The van der Waals surface area contributed by atoms with Crippen LogP contribution in [0.25, 0.3) is 6.08 Å². The van der Waals surface area contributed by atoms with Crippen molar-refractivity contribution in [2.45, 2.75) is 9.79 Å². The number of fused-ring (bicyclic) bond motifs is 2. The summed E-state index contributed by atoms with van der Waals surface area (Å²) in [5.74, 6) is -4.03. The van der Waals surface area contributed by atoms with Gasteiger partial charge in [-0.15, -0.1) is 0 Å². The smallest absolute Gasteiger partial charge is 0.323 e. The predicted molar refractivity (Wildman–Crippen MR) is 137 cm³/mol. The molecule has 0 radical (unpaired) electrons. The Morgan fingerprint density at radius 1 is 1.00 bits per heavy atom. The molecule has 0 saturated carbocycles. The second-order valence-corrected chi connectivity index (χ2v) is 10.4. The summed E-state index contributed by atoms with van der Waals surface area (Å²) in [5, 5.41) is 17.9. The van der Waals surface area contributed by atoms with E-state index in [4.69, 9.17) is 22.4 Å². The first kappa shape index (κ1) is 24.8. The average molecular weight is 530 g/mol. The second kappa shape index (κ2) is 10.1. The molecule has 0 aromatic heterocycles. The highest BCUT2D eigenvalue weighted by atomic mass is 32.2. The van der Waals surface area contributed by atoms with Gasteiger partial charge in [0.05, 0.1) is 16.3 Å². The van der Waals surface area contributed by atoms with E-state index in [1.54, 1.807) is 17.8 Å². The van der Waals surface area contributed by atoms with E-state index < -0.39 is 43.4 Å². The topological polar surface area (TPSA) is 118 Å². The van der Waals surface area contributed by atoms with Crippen LogP contribution in [-0.2, 0) is 19.2 Å². The van der Waals surface area contributed by atoms with Crippen molar-refractivity contribution in [2.75, 3.05) is 31.6 Å². The van der Waals surface area contributed by atoms with Gasteiger partial charge in [-0.25, -0.2) is 0 Å². The molecule has 180 valence electrons. The van der Waals surface area contributed by atoms with Gasteiger partial charge >= 0.3 is 11.9 Å². The number of anilines is 2. The van der Waals surface area contributed by atoms with Crippen molar-refractivity contribution in [1.82, 2.24) is 9.80 Å². The van der Waals surface area contributed by atoms with Crippen LogP contribution in [0.5, 0.6) is 0 Å². The van der Waals surface area contributed by atoms with Gasteiger partial charge in [-0.1, -0.05) is 53.9 Å². The number of carboxylic acid groups (broad SMARTS) is 2. The number of carbonyl (C=O) groups is 4. The highest BCUT2D eigenvalue weighted by Gasteiger charge is 2.35. The van der Waals surface area contributed by atoms with Crippen LogP contribution in [0.3, 0.4) is 0 Å². The zero-order valence-electron chi connectivity index (χ0n) is 18.3. The van der Waals surface area contributed by atoms with Crippen LogP contribution < -0.4 is 4.90 Å². The van der Waals surface area contributed by atoms with Crippen molar-refractivity contribution in [2.24, 2.45) is 0 Å². The van der Waals surface area contributed by atoms with Crippen LogP contribution in [0, 0.1) is 0 Å². The molecule has 35 heavy (non-hydrogen) atoms. The summed E-state index contributed by atoms with van der Waals surface area (Å²) in [6.45, 7) is -2.12. The van der Waals surface area contributed by atoms with E-state index in [0.717, 1.165) is 43.4 Å². The number of hydrogen-bond donors (Lipinski definition) is 2. The van der Waals surface area contributed by atoms with Crippen molar-refractivity contribution in [1.29, 1.82) is 0 Å². The van der Waals surface area contributed by atoms with E-state index in [1.807, 2.05) is 43.4 Å². The average Bonchev–Trinajstić information content (AvgIpc) is 3.05. The second-order valence-electron chi connectivity index (χ2n) is 7.66. The number of hydrogen-bond acceptors (Lipinski definition) is 8. The monoisotopic (exact) mass is 529 g/mol. The number of para-hydroxylation sites is 1. The quantitative estimate of drug-likeness (QED) is 0.409. The number of carbonyl (C=O) groups excluding carboxylic acids is 2. The Bertz CT molecular complexity index is 1280. The lowest BCUT2D eigenvalue weighted by atomic mass is 10.1. The molecule has 0 unspecified atom stereocenters. The standard InChI is InChI=1S/C23H19N3O6S3/c1-24-14-4-2-3-5-16(14)34-17-8-13(6-7-15(17)24)9-18-22(32)26(23(33)35-18)10-19(27)25(11-20(28)29)12-21(30)31/h2-9H,10-12H2,1H3,(H,28,29)(H,30,31)/b18-9+. The van der Waals surface area contributed by atoms with Crippen molar-refractivity contribution in [3.05, 3.63) is 52.9 Å². The van der Waals surface area contributed by atoms with Gasteiger partial charge in [0.1, 0.15) is 24.0 Å². The number of carboxylic acids is 2. The van der Waals surface area contributed by atoms with E-state index >= 15 is 0 Å². The van der Waals surface area contributed by atoms with Crippen molar-refractivity contribution >= 4 is 81.3 Å². The third-order valence-electron chi connectivity index (χ3n) is 5.26. The van der Waals surface area contributed by atoms with Crippen LogP contribution in [0.15, 0.2) is 57.2 Å². The molecule has 1 fully saturated rings. The van der Waals surface area contributed by atoms with E-state index in [2.05, 4.69) is 11.0 Å². The number of rotatable bonds is 7. The van der Waals surface area contributed by atoms with Gasteiger partial charge < -0.3 is 20.0 Å². The Balaban J connectivity index is 1.52. The molecule has 1 saturated heterocycles. The molecule has 2 aliphatic heterocycles. The fourth-order valence-electron chi connectivity index (χ4n) is 3.63. The maximum atomic E-state index is 13.0. The summed E-state index contributed by atoms with van der Waals surface area (Å²) in [6, 6.07) is 13.9. The van der Waals surface area contributed by atoms with Gasteiger partial charge in [-0.2, -0.15) is 0 Å². The van der Waals surface area contributed by atoms with Crippen LogP contribution >= 0.6 is 35.7 Å². The molecule has 12 heteroatoms. The van der Waals surface area contributed by atoms with Gasteiger partial charge in [-0.05, 0) is 35.9 Å². The molecule has 2 heterocycles. The Morgan fingerprint density at radius 2 is 1.66 bits per heavy atom. The minimum Gasteiger partial charge on any atom is -0.480 e. The molecule has 0 atom stereocenters. The first-order valence-corrected chi connectivity index (χ1v) is 12.3. The minimum absolute atomic E-state index is 0.140. The first-order chi connectivity index (χ1) is 16.6. The molecular formula is C23H19N3O6S3. The van der Waals surface area contributed by atoms with Crippen LogP contribution in [0.2, 0.25) is 0 Å². The Labute approximate surface area is 214 Å². The molecule has 2 aromatic rings. The highest BCUT2D eigenvalue weighted by Crippen LogP contribution is 2.47. The number of aliphatic carboxylic acids is 2. The molecule has 0 aliphatic carbocycles. The number of benzene rings is 2. The highest BCUT2D eigenvalue weighted by molar-refractivity contribution is 8.26. The summed E-state index contributed by atoms with van der Waals surface area (Å²) in [4.78, 5) is 53.8. The van der Waals surface area contributed by atoms with E-state index in [-0.39, 0.29) is 4.32 Å². The maximum Gasteiger partial charge on any atom is 0.323 e. The minimum atomic E-state index is -1.36. The molecule has 2 N–H and O–H groups in total. The summed E-state index contributed by atoms with van der Waals surface area (Å²) in [6.07, 6.45) is 1.69. The van der Waals surface area contributed by atoms with E-state index in [1.165, 1.54) is 0 Å². The van der Waals surface area contributed by atoms with Gasteiger partial charge in [-0.3, -0.25) is 24.1 Å². The fraction of sp³-hybridized carbons (Fsp3) is 0.174. The lowest BCUT2D eigenvalue weighted by Crippen LogP contribution is -2.45. The molecule has 0 bridgehead atoms. The Kier molecular flexibility index (Phi) is 7.15. The lowest BCUT2D eigenvalue weighted by Gasteiger charge is -2.29. The van der Waals surface area contributed by atoms with Gasteiger partial charge in [0, 0.05) is 16.8 Å². The predicted octanol–water partition coefficient (Wildman–Crippen LogP) is 3.12. The van der Waals surface area contributed by atoms with Gasteiger partial charge in [0.25, 0.3) is 5.91 Å². The van der Waals surface area contributed by atoms with E-state index in [9.17, 15) is 19.2 Å². The molecule has 9 nitrogen and oxygen atoms in total. The number of thiocarbonyl (C=S) groups is 1. The zero-order valence-corrected chi connectivity index (χ0v) is 20.8. The zero-order chi connectivity index (χ0) is 25.3. The molecule has 4 rings (SSSR count).